The number of rotatable bonds is 5. The van der Waals surface area contributed by atoms with E-state index in [1.54, 1.807) is 18.2 Å². The first-order valence-corrected chi connectivity index (χ1v) is 9.21. The standard InChI is InChI=1S/C17H14F2N2O2S2/c1-10-3-2-4-11(7-10)20-17-21-15(22)14(25-17)8-12-5-6-13(23-12)9-24-16(18)19/h2-8,16H,9H2,1H3,(H,20,21,22)/b14-8+. The van der Waals surface area contributed by atoms with Gasteiger partial charge < -0.3 is 9.73 Å². The molecule has 130 valence electrons. The van der Waals surface area contributed by atoms with E-state index in [0.29, 0.717) is 33.4 Å². The summed E-state index contributed by atoms with van der Waals surface area (Å²) in [6, 6.07) is 10.9. The molecule has 8 heteroatoms. The van der Waals surface area contributed by atoms with Crippen LogP contribution in [-0.4, -0.2) is 16.8 Å². The molecule has 1 aromatic carbocycles. The van der Waals surface area contributed by atoms with E-state index >= 15 is 0 Å². The van der Waals surface area contributed by atoms with E-state index in [0.717, 1.165) is 11.3 Å². The van der Waals surface area contributed by atoms with Crippen molar-refractivity contribution in [3.63, 3.8) is 0 Å². The number of nitrogens with zero attached hydrogens (tertiary/aromatic N) is 1. The van der Waals surface area contributed by atoms with Crippen LogP contribution in [0.15, 0.2) is 50.7 Å². The molecule has 2 heterocycles. The molecule has 1 aliphatic rings. The SMILES string of the molecule is Cc1cccc(N=C2NC(=O)/C(=C\c3ccc(CSC(F)F)o3)S2)c1. The second-order valence-electron chi connectivity index (χ2n) is 5.20. The van der Waals surface area contributed by atoms with Crippen LogP contribution in [0.4, 0.5) is 14.5 Å². The van der Waals surface area contributed by atoms with Crippen LogP contribution in [0.25, 0.3) is 6.08 Å². The van der Waals surface area contributed by atoms with Crippen molar-refractivity contribution >= 4 is 46.4 Å². The highest BCUT2D eigenvalue weighted by molar-refractivity contribution is 8.18. The second-order valence-corrected chi connectivity index (χ2v) is 7.21. The first-order chi connectivity index (χ1) is 12.0. The fourth-order valence-corrected chi connectivity index (χ4v) is 3.39. The van der Waals surface area contributed by atoms with Gasteiger partial charge in [-0.1, -0.05) is 23.9 Å². The number of furan rings is 1. The number of thioether (sulfide) groups is 2. The Hall–Kier alpha value is -2.06. The summed E-state index contributed by atoms with van der Waals surface area (Å²) in [5, 5.41) is 3.19. The van der Waals surface area contributed by atoms with Crippen molar-refractivity contribution in [2.24, 2.45) is 4.99 Å². The summed E-state index contributed by atoms with van der Waals surface area (Å²) in [6.07, 6.45) is 1.58. The fourth-order valence-electron chi connectivity index (χ4n) is 2.12. The summed E-state index contributed by atoms with van der Waals surface area (Å²) in [5.74, 6) is -1.74. The van der Waals surface area contributed by atoms with Crippen molar-refractivity contribution in [2.45, 2.75) is 18.4 Å². The molecule has 1 saturated heterocycles. The molecule has 1 aromatic heterocycles. The Kier molecular flexibility index (Phi) is 5.60. The van der Waals surface area contributed by atoms with Crippen LogP contribution in [0.5, 0.6) is 0 Å². The van der Waals surface area contributed by atoms with Crippen molar-refractivity contribution < 1.29 is 18.0 Å². The number of nitrogens with one attached hydrogen (secondary N) is 1. The van der Waals surface area contributed by atoms with Crippen molar-refractivity contribution in [2.75, 3.05) is 0 Å². The third-order valence-corrected chi connectivity index (χ3v) is 4.80. The smallest absolute Gasteiger partial charge is 0.284 e. The summed E-state index contributed by atoms with van der Waals surface area (Å²) in [4.78, 5) is 16.9. The van der Waals surface area contributed by atoms with Crippen molar-refractivity contribution in [1.29, 1.82) is 0 Å². The zero-order valence-electron chi connectivity index (χ0n) is 13.2. The lowest BCUT2D eigenvalue weighted by molar-refractivity contribution is -0.115. The normalized spacial score (nSPS) is 17.7. The molecule has 1 fully saturated rings. The topological polar surface area (TPSA) is 54.6 Å². The lowest BCUT2D eigenvalue weighted by atomic mass is 10.2. The van der Waals surface area contributed by atoms with Crippen LogP contribution < -0.4 is 5.32 Å². The van der Waals surface area contributed by atoms with Gasteiger partial charge in [-0.05, 0) is 48.5 Å². The van der Waals surface area contributed by atoms with Gasteiger partial charge in [0.25, 0.3) is 11.7 Å². The molecule has 1 amide bonds. The zero-order chi connectivity index (χ0) is 17.8. The van der Waals surface area contributed by atoms with Crippen molar-refractivity contribution in [3.05, 3.63) is 58.4 Å². The number of benzene rings is 1. The number of amides is 1. The van der Waals surface area contributed by atoms with Gasteiger partial charge in [0.15, 0.2) is 5.17 Å². The lowest BCUT2D eigenvalue weighted by Crippen LogP contribution is -2.19. The molecular weight excluding hydrogens is 366 g/mol. The zero-order valence-corrected chi connectivity index (χ0v) is 14.8. The number of carbonyl (C=O) groups excluding carboxylic acids is 1. The first kappa shape index (κ1) is 17.8. The maximum Gasteiger partial charge on any atom is 0.284 e. The molecule has 0 radical (unpaired) electrons. The maximum atomic E-state index is 12.2. The summed E-state index contributed by atoms with van der Waals surface area (Å²) < 4.78 is 29.8. The Bertz CT molecular complexity index is 847. The second kappa shape index (κ2) is 7.88. The summed E-state index contributed by atoms with van der Waals surface area (Å²) in [7, 11) is 0. The van der Waals surface area contributed by atoms with E-state index in [9.17, 15) is 13.6 Å². The van der Waals surface area contributed by atoms with E-state index in [-0.39, 0.29) is 11.7 Å². The molecule has 0 atom stereocenters. The van der Waals surface area contributed by atoms with E-state index < -0.39 is 5.76 Å². The van der Waals surface area contributed by atoms with Crippen LogP contribution in [0, 0.1) is 6.92 Å². The van der Waals surface area contributed by atoms with Gasteiger partial charge in [-0.25, -0.2) is 4.99 Å². The van der Waals surface area contributed by atoms with Gasteiger partial charge in [0, 0.05) is 6.08 Å². The third kappa shape index (κ3) is 4.96. The Balaban J connectivity index is 1.71. The van der Waals surface area contributed by atoms with Gasteiger partial charge in [0.2, 0.25) is 0 Å². The molecule has 25 heavy (non-hydrogen) atoms. The molecule has 4 nitrogen and oxygen atoms in total. The Morgan fingerprint density at radius 1 is 1.36 bits per heavy atom. The van der Waals surface area contributed by atoms with Gasteiger partial charge in [0.05, 0.1) is 16.3 Å². The number of hydrogen-bond donors (Lipinski definition) is 1. The first-order valence-electron chi connectivity index (χ1n) is 7.34. The minimum Gasteiger partial charge on any atom is -0.461 e. The minimum absolute atomic E-state index is 0.0836. The Morgan fingerprint density at radius 3 is 2.96 bits per heavy atom. The van der Waals surface area contributed by atoms with Crippen LogP contribution >= 0.6 is 23.5 Å². The van der Waals surface area contributed by atoms with Gasteiger partial charge in [0.1, 0.15) is 11.5 Å². The van der Waals surface area contributed by atoms with Crippen LogP contribution in [0.2, 0.25) is 0 Å². The van der Waals surface area contributed by atoms with Gasteiger partial charge in [-0.2, -0.15) is 8.78 Å². The number of halogens is 2. The number of alkyl halides is 2. The quantitative estimate of drug-likeness (QED) is 0.747. The summed E-state index contributed by atoms with van der Waals surface area (Å²) in [5.41, 5.74) is 1.84. The average molecular weight is 380 g/mol. The number of aryl methyl sites for hydroxylation is 1. The number of aliphatic imine (C=N–C) groups is 1. The van der Waals surface area contributed by atoms with Gasteiger partial charge in [-0.3, -0.25) is 4.79 Å². The van der Waals surface area contributed by atoms with Crippen LogP contribution in [0.1, 0.15) is 17.1 Å². The molecule has 1 N–H and O–H groups in total. The van der Waals surface area contributed by atoms with E-state index in [4.69, 9.17) is 4.42 Å². The van der Waals surface area contributed by atoms with E-state index in [1.165, 1.54) is 11.8 Å². The molecule has 0 aliphatic carbocycles. The molecule has 2 aromatic rings. The van der Waals surface area contributed by atoms with Gasteiger partial charge in [-0.15, -0.1) is 0 Å². The Labute approximate surface area is 151 Å². The Morgan fingerprint density at radius 2 is 2.20 bits per heavy atom. The highest BCUT2D eigenvalue weighted by Crippen LogP contribution is 2.29. The molecule has 0 unspecified atom stereocenters. The molecule has 1 aliphatic heterocycles. The lowest BCUT2D eigenvalue weighted by Gasteiger charge is -1.97. The molecule has 0 saturated carbocycles. The third-order valence-electron chi connectivity index (χ3n) is 3.19. The highest BCUT2D eigenvalue weighted by atomic mass is 32.2. The molecule has 0 spiro atoms. The van der Waals surface area contributed by atoms with E-state index in [1.807, 2.05) is 31.2 Å². The summed E-state index contributed by atoms with van der Waals surface area (Å²) >= 11 is 1.70. The van der Waals surface area contributed by atoms with Crippen LogP contribution in [-0.2, 0) is 10.5 Å². The van der Waals surface area contributed by atoms with Crippen molar-refractivity contribution in [3.8, 4) is 0 Å². The predicted molar refractivity (Wildman–Crippen MR) is 98.0 cm³/mol. The molecular formula is C17H14F2N2O2S2. The predicted octanol–water partition coefficient (Wildman–Crippen LogP) is 4.94. The molecule has 0 bridgehead atoms. The molecule has 3 rings (SSSR count). The van der Waals surface area contributed by atoms with Gasteiger partial charge >= 0.3 is 0 Å². The van der Waals surface area contributed by atoms with Crippen LogP contribution in [0.3, 0.4) is 0 Å². The van der Waals surface area contributed by atoms with Crippen molar-refractivity contribution in [1.82, 2.24) is 5.32 Å². The minimum atomic E-state index is -2.44. The average Bonchev–Trinajstić information content (AvgIpc) is 3.13. The number of carbonyl (C=O) groups is 1. The largest absolute Gasteiger partial charge is 0.461 e. The monoisotopic (exact) mass is 380 g/mol. The number of hydrogen-bond acceptors (Lipinski definition) is 5. The number of amidine groups is 1. The maximum absolute atomic E-state index is 12.2. The fraction of sp³-hybridized carbons (Fsp3) is 0.176. The summed E-state index contributed by atoms with van der Waals surface area (Å²) in [6.45, 7) is 1.97. The highest BCUT2D eigenvalue weighted by Gasteiger charge is 2.24. The van der Waals surface area contributed by atoms with E-state index in [2.05, 4.69) is 10.3 Å².